The van der Waals surface area contributed by atoms with Crippen LogP contribution in [0.3, 0.4) is 0 Å². The molecule has 3 rings (SSSR count). The number of aliphatic hydroxyl groups excluding tert-OH is 1. The van der Waals surface area contributed by atoms with Gasteiger partial charge < -0.3 is 9.52 Å². The average Bonchev–Trinajstić information content (AvgIpc) is 2.88. The summed E-state index contributed by atoms with van der Waals surface area (Å²) in [6.45, 7) is 0.185. The van der Waals surface area contributed by atoms with Crippen molar-refractivity contribution in [3.05, 3.63) is 28.7 Å². The number of rotatable bonds is 5. The predicted octanol–water partition coefficient (Wildman–Crippen LogP) is 1.35. The number of fused-ring (bicyclic) bond motifs is 1. The van der Waals surface area contributed by atoms with Gasteiger partial charge in [-0.2, -0.15) is 0 Å². The van der Waals surface area contributed by atoms with Crippen LogP contribution in [0.4, 0.5) is 0 Å². The van der Waals surface area contributed by atoms with Crippen LogP contribution in [0.5, 0.6) is 0 Å². The smallest absolute Gasteiger partial charge is 0.408 e. The largest absolute Gasteiger partial charge is 0.419 e. The quantitative estimate of drug-likeness (QED) is 0.844. The molecule has 132 valence electrons. The third-order valence-corrected chi connectivity index (χ3v) is 6.36. The van der Waals surface area contributed by atoms with Gasteiger partial charge in [-0.15, -0.1) is 0 Å². The zero-order valence-electron chi connectivity index (χ0n) is 13.6. The lowest BCUT2D eigenvalue weighted by molar-refractivity contribution is 0.0867. The molecule has 1 aromatic heterocycles. The van der Waals surface area contributed by atoms with Crippen molar-refractivity contribution in [2.75, 3.05) is 13.2 Å². The van der Waals surface area contributed by atoms with Crippen LogP contribution in [0.2, 0.25) is 0 Å². The van der Waals surface area contributed by atoms with Crippen molar-refractivity contribution >= 4 is 21.1 Å². The van der Waals surface area contributed by atoms with E-state index in [9.17, 15) is 18.3 Å². The highest BCUT2D eigenvalue weighted by atomic mass is 32.2. The lowest BCUT2D eigenvalue weighted by Crippen LogP contribution is -2.41. The van der Waals surface area contributed by atoms with Gasteiger partial charge in [-0.1, -0.05) is 19.3 Å². The van der Waals surface area contributed by atoms with Crippen molar-refractivity contribution in [3.8, 4) is 0 Å². The second kappa shape index (κ2) is 6.34. The number of nitrogens with one attached hydrogen (secondary N) is 1. The highest BCUT2D eigenvalue weighted by Gasteiger charge is 2.33. The lowest BCUT2D eigenvalue weighted by Gasteiger charge is -2.35. The Bertz CT molecular complexity index is 891. The summed E-state index contributed by atoms with van der Waals surface area (Å²) < 4.78 is 34.1. The van der Waals surface area contributed by atoms with E-state index in [2.05, 4.69) is 4.72 Å². The topological polar surface area (TPSA) is 102 Å². The van der Waals surface area contributed by atoms with E-state index < -0.39 is 15.8 Å². The number of nitrogens with zero attached hydrogens (tertiary/aromatic N) is 1. The summed E-state index contributed by atoms with van der Waals surface area (Å²) in [4.78, 5) is 11.6. The van der Waals surface area contributed by atoms with Gasteiger partial charge in [-0.25, -0.2) is 17.9 Å². The van der Waals surface area contributed by atoms with Gasteiger partial charge >= 0.3 is 5.76 Å². The second-order valence-electron chi connectivity index (χ2n) is 6.60. The minimum absolute atomic E-state index is 0.0257. The molecule has 0 bridgehead atoms. The molecule has 0 radical (unpaired) electrons. The fraction of sp³-hybridized carbons (Fsp3) is 0.562. The Morgan fingerprint density at radius 2 is 2.00 bits per heavy atom. The van der Waals surface area contributed by atoms with Gasteiger partial charge in [0.2, 0.25) is 10.0 Å². The molecule has 1 aliphatic rings. The molecule has 1 heterocycles. The van der Waals surface area contributed by atoms with E-state index in [4.69, 9.17) is 4.42 Å². The van der Waals surface area contributed by atoms with Gasteiger partial charge in [-0.05, 0) is 25.0 Å². The summed E-state index contributed by atoms with van der Waals surface area (Å²) in [5.41, 5.74) is 0.396. The number of aliphatic hydroxyl groups is 1. The summed E-state index contributed by atoms with van der Waals surface area (Å²) in [5, 5.41) is 9.70. The standard InChI is InChI=1S/C16H22N2O5S/c1-18-13-6-5-12(9-14(13)23-15(18)20)24(21,22)17-10-16(11-19)7-3-2-4-8-16/h5-6,9,17,19H,2-4,7-8,10-11H2,1H3. The zero-order chi connectivity index (χ0) is 17.4. The molecule has 0 spiro atoms. The van der Waals surface area contributed by atoms with E-state index in [1.54, 1.807) is 13.1 Å². The third kappa shape index (κ3) is 3.13. The molecular weight excluding hydrogens is 332 g/mol. The number of sulfonamides is 1. The van der Waals surface area contributed by atoms with Crippen molar-refractivity contribution in [2.24, 2.45) is 12.5 Å². The molecule has 1 saturated carbocycles. The molecule has 0 unspecified atom stereocenters. The molecular formula is C16H22N2O5S. The average molecular weight is 354 g/mol. The summed E-state index contributed by atoms with van der Waals surface area (Å²) >= 11 is 0. The van der Waals surface area contributed by atoms with Crippen LogP contribution in [-0.4, -0.2) is 31.2 Å². The molecule has 1 fully saturated rings. The van der Waals surface area contributed by atoms with Crippen molar-refractivity contribution in [3.63, 3.8) is 0 Å². The highest BCUT2D eigenvalue weighted by molar-refractivity contribution is 7.89. The first-order valence-corrected chi connectivity index (χ1v) is 9.55. The van der Waals surface area contributed by atoms with Crippen LogP contribution < -0.4 is 10.5 Å². The summed E-state index contributed by atoms with van der Waals surface area (Å²) in [5.74, 6) is -0.533. The van der Waals surface area contributed by atoms with Crippen molar-refractivity contribution in [1.29, 1.82) is 0 Å². The maximum absolute atomic E-state index is 12.5. The minimum Gasteiger partial charge on any atom is -0.408 e. The van der Waals surface area contributed by atoms with Crippen molar-refractivity contribution in [2.45, 2.75) is 37.0 Å². The van der Waals surface area contributed by atoms with E-state index >= 15 is 0 Å². The summed E-state index contributed by atoms with van der Waals surface area (Å²) in [6.07, 6.45) is 4.77. The highest BCUT2D eigenvalue weighted by Crippen LogP contribution is 2.35. The molecule has 0 aliphatic heterocycles. The van der Waals surface area contributed by atoms with Gasteiger partial charge in [-0.3, -0.25) is 4.57 Å². The summed E-state index contributed by atoms with van der Waals surface area (Å²) in [6, 6.07) is 4.36. The van der Waals surface area contributed by atoms with E-state index in [0.717, 1.165) is 32.1 Å². The number of aryl methyl sites for hydroxylation is 1. The molecule has 0 saturated heterocycles. The van der Waals surface area contributed by atoms with Gasteiger partial charge in [0.1, 0.15) is 0 Å². The molecule has 2 aromatic rings. The first kappa shape index (κ1) is 17.2. The van der Waals surface area contributed by atoms with Gasteiger partial charge in [0, 0.05) is 31.7 Å². The van der Waals surface area contributed by atoms with Gasteiger partial charge in [0.15, 0.2) is 5.58 Å². The Hall–Kier alpha value is -1.64. The van der Waals surface area contributed by atoms with Crippen LogP contribution in [0.25, 0.3) is 11.1 Å². The normalized spacial score (nSPS) is 18.1. The van der Waals surface area contributed by atoms with Crippen LogP contribution >= 0.6 is 0 Å². The molecule has 1 aliphatic carbocycles. The van der Waals surface area contributed by atoms with Crippen LogP contribution in [0.15, 0.2) is 32.3 Å². The first-order chi connectivity index (χ1) is 11.4. The van der Waals surface area contributed by atoms with Crippen LogP contribution in [0.1, 0.15) is 32.1 Å². The minimum atomic E-state index is -3.74. The summed E-state index contributed by atoms with van der Waals surface area (Å²) in [7, 11) is -2.17. The van der Waals surface area contributed by atoms with Crippen molar-refractivity contribution in [1.82, 2.24) is 9.29 Å². The Morgan fingerprint density at radius 1 is 1.29 bits per heavy atom. The van der Waals surface area contributed by atoms with E-state index in [1.165, 1.54) is 16.7 Å². The Kier molecular flexibility index (Phi) is 4.54. The number of aromatic nitrogens is 1. The fourth-order valence-corrected chi connectivity index (χ4v) is 4.48. The molecule has 2 N–H and O–H groups in total. The molecule has 8 heteroatoms. The van der Waals surface area contributed by atoms with Gasteiger partial charge in [0.05, 0.1) is 10.4 Å². The maximum Gasteiger partial charge on any atom is 0.419 e. The number of hydrogen-bond acceptors (Lipinski definition) is 5. The van der Waals surface area contributed by atoms with Crippen molar-refractivity contribution < 1.29 is 17.9 Å². The fourth-order valence-electron chi connectivity index (χ4n) is 3.31. The first-order valence-electron chi connectivity index (χ1n) is 8.07. The Morgan fingerprint density at radius 3 is 2.67 bits per heavy atom. The zero-order valence-corrected chi connectivity index (χ0v) is 14.4. The van der Waals surface area contributed by atoms with Gasteiger partial charge in [0.25, 0.3) is 0 Å². The van der Waals surface area contributed by atoms with E-state index in [1.807, 2.05) is 0 Å². The second-order valence-corrected chi connectivity index (χ2v) is 8.37. The maximum atomic E-state index is 12.5. The number of benzene rings is 1. The van der Waals surface area contributed by atoms with Crippen LogP contribution in [-0.2, 0) is 17.1 Å². The number of hydrogen-bond donors (Lipinski definition) is 2. The van der Waals surface area contributed by atoms with E-state index in [0.29, 0.717) is 5.52 Å². The monoisotopic (exact) mass is 354 g/mol. The third-order valence-electron chi connectivity index (χ3n) is 4.96. The molecule has 7 nitrogen and oxygen atoms in total. The molecule has 0 amide bonds. The van der Waals surface area contributed by atoms with Crippen LogP contribution in [0, 0.1) is 5.41 Å². The van der Waals surface area contributed by atoms with E-state index in [-0.39, 0.29) is 29.0 Å². The molecule has 1 aromatic carbocycles. The number of oxazole rings is 1. The molecule has 0 atom stereocenters. The lowest BCUT2D eigenvalue weighted by atomic mass is 9.75. The predicted molar refractivity (Wildman–Crippen MR) is 89.2 cm³/mol. The Labute approximate surface area is 140 Å². The molecule has 24 heavy (non-hydrogen) atoms. The Balaban J connectivity index is 1.83. The SMILES string of the molecule is Cn1c(=O)oc2cc(S(=O)(=O)NCC3(CO)CCCCC3)ccc21.